The molecular formula is C15H24N2O2. The Morgan fingerprint density at radius 2 is 2.05 bits per heavy atom. The van der Waals surface area contributed by atoms with Crippen LogP contribution >= 0.6 is 0 Å². The molecule has 1 amide bonds. The first-order valence-electron chi connectivity index (χ1n) is 6.76. The Balaban J connectivity index is 2.83. The van der Waals surface area contributed by atoms with E-state index in [0.717, 1.165) is 5.56 Å². The predicted molar refractivity (Wildman–Crippen MR) is 77.8 cm³/mol. The van der Waals surface area contributed by atoms with Crippen molar-refractivity contribution in [2.24, 2.45) is 0 Å². The van der Waals surface area contributed by atoms with Crippen LogP contribution in [-0.4, -0.2) is 23.2 Å². The van der Waals surface area contributed by atoms with Gasteiger partial charge < -0.3 is 16.2 Å². The van der Waals surface area contributed by atoms with Gasteiger partial charge in [0.05, 0.1) is 18.1 Å². The Labute approximate surface area is 115 Å². The number of hydrogen-bond donors (Lipinski definition) is 3. The molecule has 1 aromatic rings. The number of benzene rings is 1. The van der Waals surface area contributed by atoms with E-state index in [-0.39, 0.29) is 18.4 Å². The van der Waals surface area contributed by atoms with E-state index in [1.54, 1.807) is 6.07 Å². The summed E-state index contributed by atoms with van der Waals surface area (Å²) >= 11 is 0. The number of nitrogens with two attached hydrogens (primary N) is 1. The number of carbonyl (C=O) groups is 1. The summed E-state index contributed by atoms with van der Waals surface area (Å²) < 4.78 is 0. The van der Waals surface area contributed by atoms with Crippen molar-refractivity contribution < 1.29 is 9.90 Å². The van der Waals surface area contributed by atoms with Crippen LogP contribution in [0, 0.1) is 0 Å². The molecular weight excluding hydrogens is 240 g/mol. The molecule has 1 atom stereocenters. The van der Waals surface area contributed by atoms with Gasteiger partial charge in [-0.3, -0.25) is 4.79 Å². The number of carbonyl (C=O) groups excluding carboxylic acids is 1. The number of aliphatic hydroxyl groups is 1. The highest BCUT2D eigenvalue weighted by Gasteiger charge is 2.29. The van der Waals surface area contributed by atoms with Gasteiger partial charge in [-0.05, 0) is 37.5 Å². The third-order valence-corrected chi connectivity index (χ3v) is 3.85. The number of nitrogen functional groups attached to an aromatic ring is 1. The van der Waals surface area contributed by atoms with E-state index in [2.05, 4.69) is 5.32 Å². The van der Waals surface area contributed by atoms with Crippen LogP contribution in [0.4, 0.5) is 5.69 Å². The highest BCUT2D eigenvalue weighted by molar-refractivity contribution is 5.84. The first kappa shape index (κ1) is 15.5. The lowest BCUT2D eigenvalue weighted by molar-refractivity contribution is -0.124. The van der Waals surface area contributed by atoms with E-state index in [9.17, 15) is 9.90 Å². The standard InChI is InChI=1S/C15H24N2O2/c1-4-15(5-2,10-18)17-14(19)11(3)12-7-6-8-13(16)9-12/h6-9,11,18H,4-5,10,16H2,1-3H3,(H,17,19). The molecule has 19 heavy (non-hydrogen) atoms. The summed E-state index contributed by atoms with van der Waals surface area (Å²) in [5.41, 5.74) is 6.74. The van der Waals surface area contributed by atoms with E-state index in [1.807, 2.05) is 39.0 Å². The van der Waals surface area contributed by atoms with Crippen LogP contribution in [0.5, 0.6) is 0 Å². The smallest absolute Gasteiger partial charge is 0.227 e. The maximum Gasteiger partial charge on any atom is 0.227 e. The summed E-state index contributed by atoms with van der Waals surface area (Å²) in [6, 6.07) is 7.33. The fourth-order valence-corrected chi connectivity index (χ4v) is 2.04. The molecule has 1 aromatic carbocycles. The maximum atomic E-state index is 12.3. The minimum absolute atomic E-state index is 0.0462. The second kappa shape index (κ2) is 6.57. The van der Waals surface area contributed by atoms with E-state index >= 15 is 0 Å². The fraction of sp³-hybridized carbons (Fsp3) is 0.533. The van der Waals surface area contributed by atoms with E-state index in [0.29, 0.717) is 18.5 Å². The van der Waals surface area contributed by atoms with Gasteiger partial charge >= 0.3 is 0 Å². The van der Waals surface area contributed by atoms with Crippen molar-refractivity contribution in [2.75, 3.05) is 12.3 Å². The molecule has 106 valence electrons. The Kier molecular flexibility index (Phi) is 5.36. The lowest BCUT2D eigenvalue weighted by Gasteiger charge is -2.32. The number of hydrogen-bond acceptors (Lipinski definition) is 3. The number of aliphatic hydroxyl groups excluding tert-OH is 1. The van der Waals surface area contributed by atoms with Crippen molar-refractivity contribution in [2.45, 2.75) is 45.1 Å². The Morgan fingerprint density at radius 1 is 1.42 bits per heavy atom. The minimum Gasteiger partial charge on any atom is -0.399 e. The molecule has 0 spiro atoms. The van der Waals surface area contributed by atoms with E-state index in [4.69, 9.17) is 5.73 Å². The van der Waals surface area contributed by atoms with E-state index in [1.165, 1.54) is 0 Å². The van der Waals surface area contributed by atoms with Crippen molar-refractivity contribution in [3.8, 4) is 0 Å². The maximum absolute atomic E-state index is 12.3. The average molecular weight is 264 g/mol. The summed E-state index contributed by atoms with van der Waals surface area (Å²) in [4.78, 5) is 12.3. The number of amides is 1. The predicted octanol–water partition coefficient (Wildman–Crippen LogP) is 2.04. The van der Waals surface area contributed by atoms with Gasteiger partial charge in [0.2, 0.25) is 5.91 Å². The molecule has 0 fully saturated rings. The van der Waals surface area contributed by atoms with Gasteiger partial charge in [-0.25, -0.2) is 0 Å². The monoisotopic (exact) mass is 264 g/mol. The molecule has 0 bridgehead atoms. The third kappa shape index (κ3) is 3.70. The minimum atomic E-state index is -0.522. The largest absolute Gasteiger partial charge is 0.399 e. The topological polar surface area (TPSA) is 75.3 Å². The Morgan fingerprint density at radius 3 is 2.53 bits per heavy atom. The molecule has 0 aliphatic heterocycles. The number of rotatable bonds is 6. The number of anilines is 1. The van der Waals surface area contributed by atoms with Crippen molar-refractivity contribution in [3.63, 3.8) is 0 Å². The molecule has 4 nitrogen and oxygen atoms in total. The second-order valence-corrected chi connectivity index (χ2v) is 5.03. The molecule has 4 heteroatoms. The molecule has 0 radical (unpaired) electrons. The number of nitrogens with one attached hydrogen (secondary N) is 1. The molecule has 0 aromatic heterocycles. The summed E-state index contributed by atoms with van der Waals surface area (Å²) in [5.74, 6) is -0.365. The van der Waals surface area contributed by atoms with Gasteiger partial charge in [0.25, 0.3) is 0 Å². The van der Waals surface area contributed by atoms with Gasteiger partial charge in [0.15, 0.2) is 0 Å². The first-order valence-corrected chi connectivity index (χ1v) is 6.76. The lowest BCUT2D eigenvalue weighted by Crippen LogP contribution is -2.51. The van der Waals surface area contributed by atoms with Crippen LogP contribution < -0.4 is 11.1 Å². The van der Waals surface area contributed by atoms with Crippen LogP contribution in [0.25, 0.3) is 0 Å². The van der Waals surface area contributed by atoms with Crippen LogP contribution in [0.3, 0.4) is 0 Å². The van der Waals surface area contributed by atoms with Gasteiger partial charge in [-0.2, -0.15) is 0 Å². The summed E-state index contributed by atoms with van der Waals surface area (Å²) in [6.07, 6.45) is 1.41. The molecule has 1 rings (SSSR count). The first-order chi connectivity index (χ1) is 8.98. The normalized spacial score (nSPS) is 13.1. The van der Waals surface area contributed by atoms with Crippen molar-refractivity contribution >= 4 is 11.6 Å². The molecule has 0 aliphatic carbocycles. The van der Waals surface area contributed by atoms with Crippen molar-refractivity contribution in [3.05, 3.63) is 29.8 Å². The van der Waals surface area contributed by atoms with Crippen LogP contribution in [-0.2, 0) is 4.79 Å². The van der Waals surface area contributed by atoms with Gasteiger partial charge in [-0.1, -0.05) is 26.0 Å². The summed E-state index contributed by atoms with van der Waals surface area (Å²) in [7, 11) is 0. The van der Waals surface area contributed by atoms with Crippen LogP contribution in [0.2, 0.25) is 0 Å². The fourth-order valence-electron chi connectivity index (χ4n) is 2.04. The van der Waals surface area contributed by atoms with Gasteiger partial charge in [-0.15, -0.1) is 0 Å². The molecule has 0 heterocycles. The Bertz CT molecular complexity index is 420. The quantitative estimate of drug-likeness (QED) is 0.688. The van der Waals surface area contributed by atoms with Gasteiger partial charge in [0, 0.05) is 5.69 Å². The average Bonchev–Trinajstić information content (AvgIpc) is 2.44. The SMILES string of the molecule is CCC(CC)(CO)NC(=O)C(C)c1cccc(N)c1. The van der Waals surface area contributed by atoms with Crippen LogP contribution in [0.15, 0.2) is 24.3 Å². The molecule has 4 N–H and O–H groups in total. The zero-order chi connectivity index (χ0) is 14.5. The zero-order valence-corrected chi connectivity index (χ0v) is 11.9. The third-order valence-electron chi connectivity index (χ3n) is 3.85. The lowest BCUT2D eigenvalue weighted by atomic mass is 9.91. The van der Waals surface area contributed by atoms with Crippen LogP contribution in [0.1, 0.15) is 45.1 Å². The van der Waals surface area contributed by atoms with Gasteiger partial charge in [0.1, 0.15) is 0 Å². The zero-order valence-electron chi connectivity index (χ0n) is 11.9. The van der Waals surface area contributed by atoms with Crippen molar-refractivity contribution in [1.82, 2.24) is 5.32 Å². The van der Waals surface area contributed by atoms with E-state index < -0.39 is 5.54 Å². The summed E-state index contributed by atoms with van der Waals surface area (Å²) in [5, 5.41) is 12.5. The van der Waals surface area contributed by atoms with Crippen molar-refractivity contribution in [1.29, 1.82) is 0 Å². The highest BCUT2D eigenvalue weighted by atomic mass is 16.3. The Hall–Kier alpha value is -1.55. The second-order valence-electron chi connectivity index (χ2n) is 5.03. The highest BCUT2D eigenvalue weighted by Crippen LogP contribution is 2.21. The molecule has 1 unspecified atom stereocenters. The molecule has 0 saturated carbocycles. The molecule has 0 aliphatic rings. The summed E-state index contributed by atoms with van der Waals surface area (Å²) in [6.45, 7) is 5.73. The molecule has 0 saturated heterocycles.